The van der Waals surface area contributed by atoms with Crippen LogP contribution in [0.15, 0.2) is 35.4 Å². The first-order valence-electron chi connectivity index (χ1n) is 8.59. The SMILES string of the molecule is CC(C)n1cc2c(C(F)F)cc(=O)n(CCC(=O)Nc3cccnc3Cl)c2n1. The van der Waals surface area contributed by atoms with E-state index in [2.05, 4.69) is 15.4 Å². The molecule has 1 amide bonds. The molecular weight excluding hydrogens is 392 g/mol. The standard InChI is InChI=1S/C18H18ClF2N5O2/c1-10(2)26-9-12-11(17(20)21)8-15(28)25(18(12)24-26)7-5-14(27)23-13-4-3-6-22-16(13)19/h3-4,6,8-10,17H,5,7H2,1-2H3,(H,23,27). The van der Waals surface area contributed by atoms with Gasteiger partial charge in [0.15, 0.2) is 10.8 Å². The van der Waals surface area contributed by atoms with Gasteiger partial charge in [-0.15, -0.1) is 0 Å². The van der Waals surface area contributed by atoms with Crippen molar-refractivity contribution in [3.05, 3.63) is 51.7 Å². The molecule has 0 aliphatic heterocycles. The van der Waals surface area contributed by atoms with E-state index >= 15 is 0 Å². The third kappa shape index (κ3) is 4.04. The number of carbonyl (C=O) groups is 1. The average molecular weight is 410 g/mol. The molecule has 0 saturated carbocycles. The third-order valence-corrected chi connectivity index (χ3v) is 4.49. The summed E-state index contributed by atoms with van der Waals surface area (Å²) in [5.74, 6) is -0.392. The number of nitrogens with zero attached hydrogens (tertiary/aromatic N) is 4. The van der Waals surface area contributed by atoms with Crippen LogP contribution in [0.5, 0.6) is 0 Å². The number of carbonyl (C=O) groups excluding carboxylic acids is 1. The minimum atomic E-state index is -2.80. The zero-order valence-electron chi connectivity index (χ0n) is 15.2. The highest BCUT2D eigenvalue weighted by Crippen LogP contribution is 2.27. The van der Waals surface area contributed by atoms with Crippen LogP contribution < -0.4 is 10.9 Å². The fraction of sp³-hybridized carbons (Fsp3) is 0.333. The van der Waals surface area contributed by atoms with E-state index < -0.39 is 17.9 Å². The number of rotatable bonds is 6. The Kier molecular flexibility index (Phi) is 5.73. The van der Waals surface area contributed by atoms with Gasteiger partial charge in [-0.25, -0.2) is 13.8 Å². The lowest BCUT2D eigenvalue weighted by Crippen LogP contribution is -2.24. The van der Waals surface area contributed by atoms with Crippen molar-refractivity contribution in [2.24, 2.45) is 0 Å². The highest BCUT2D eigenvalue weighted by atomic mass is 35.5. The van der Waals surface area contributed by atoms with E-state index in [0.717, 1.165) is 6.07 Å². The minimum absolute atomic E-state index is 0.0162. The maximum atomic E-state index is 13.3. The first-order chi connectivity index (χ1) is 13.3. The molecule has 3 heterocycles. The molecule has 0 fully saturated rings. The van der Waals surface area contributed by atoms with E-state index in [1.165, 1.54) is 21.6 Å². The molecule has 0 bridgehead atoms. The summed E-state index contributed by atoms with van der Waals surface area (Å²) in [5.41, 5.74) is -0.522. The van der Waals surface area contributed by atoms with Crippen LogP contribution in [0.25, 0.3) is 11.0 Å². The Morgan fingerprint density at radius 2 is 2.11 bits per heavy atom. The fourth-order valence-electron chi connectivity index (χ4n) is 2.74. The Balaban J connectivity index is 1.89. The van der Waals surface area contributed by atoms with Crippen molar-refractivity contribution >= 4 is 34.2 Å². The summed E-state index contributed by atoms with van der Waals surface area (Å²) in [6.45, 7) is 3.68. The lowest BCUT2D eigenvalue weighted by Gasteiger charge is -2.10. The minimum Gasteiger partial charge on any atom is -0.323 e. The third-order valence-electron chi connectivity index (χ3n) is 4.18. The second-order valence-electron chi connectivity index (χ2n) is 6.47. The van der Waals surface area contributed by atoms with Crippen LogP contribution in [-0.2, 0) is 11.3 Å². The number of amides is 1. The Bertz CT molecular complexity index is 1080. The number of pyridine rings is 2. The van der Waals surface area contributed by atoms with Crippen molar-refractivity contribution in [1.29, 1.82) is 0 Å². The highest BCUT2D eigenvalue weighted by molar-refractivity contribution is 6.32. The second kappa shape index (κ2) is 8.05. The van der Waals surface area contributed by atoms with Gasteiger partial charge in [0, 0.05) is 48.4 Å². The van der Waals surface area contributed by atoms with Gasteiger partial charge in [0.25, 0.3) is 12.0 Å². The van der Waals surface area contributed by atoms with Gasteiger partial charge in [0.1, 0.15) is 0 Å². The van der Waals surface area contributed by atoms with Gasteiger partial charge >= 0.3 is 0 Å². The molecule has 28 heavy (non-hydrogen) atoms. The topological polar surface area (TPSA) is 81.8 Å². The Hall–Kier alpha value is -2.81. The van der Waals surface area contributed by atoms with Gasteiger partial charge < -0.3 is 5.32 Å². The predicted molar refractivity (Wildman–Crippen MR) is 102 cm³/mol. The zero-order valence-corrected chi connectivity index (χ0v) is 16.0. The van der Waals surface area contributed by atoms with E-state index in [0.29, 0.717) is 5.69 Å². The van der Waals surface area contributed by atoms with Gasteiger partial charge in [-0.05, 0) is 26.0 Å². The average Bonchev–Trinajstić information content (AvgIpc) is 3.07. The van der Waals surface area contributed by atoms with Crippen LogP contribution >= 0.6 is 11.6 Å². The van der Waals surface area contributed by atoms with E-state index in [4.69, 9.17) is 11.6 Å². The van der Waals surface area contributed by atoms with E-state index in [-0.39, 0.29) is 40.8 Å². The van der Waals surface area contributed by atoms with Crippen LogP contribution in [0, 0.1) is 0 Å². The number of halogens is 3. The maximum Gasteiger partial charge on any atom is 0.264 e. The van der Waals surface area contributed by atoms with Crippen LogP contribution in [0.2, 0.25) is 5.15 Å². The first-order valence-corrected chi connectivity index (χ1v) is 8.97. The van der Waals surface area contributed by atoms with Gasteiger partial charge in [0.2, 0.25) is 5.91 Å². The van der Waals surface area contributed by atoms with E-state index in [1.54, 1.807) is 12.1 Å². The molecule has 3 aromatic heterocycles. The lowest BCUT2D eigenvalue weighted by molar-refractivity contribution is -0.116. The van der Waals surface area contributed by atoms with E-state index in [1.807, 2.05) is 13.8 Å². The van der Waals surface area contributed by atoms with Crippen molar-refractivity contribution < 1.29 is 13.6 Å². The molecule has 10 heteroatoms. The molecule has 1 N–H and O–H groups in total. The number of hydrogen-bond donors (Lipinski definition) is 1. The highest BCUT2D eigenvalue weighted by Gasteiger charge is 2.20. The summed E-state index contributed by atoms with van der Waals surface area (Å²) in [7, 11) is 0. The molecule has 148 valence electrons. The summed E-state index contributed by atoms with van der Waals surface area (Å²) >= 11 is 5.90. The number of hydrogen-bond acceptors (Lipinski definition) is 4. The summed E-state index contributed by atoms with van der Waals surface area (Å²) < 4.78 is 29.4. The number of nitrogens with one attached hydrogen (secondary N) is 1. The Morgan fingerprint density at radius 1 is 1.36 bits per heavy atom. The molecular formula is C18H18ClF2N5O2. The molecule has 0 radical (unpaired) electrons. The van der Waals surface area contributed by atoms with Crippen LogP contribution in [0.3, 0.4) is 0 Å². The molecule has 0 atom stereocenters. The van der Waals surface area contributed by atoms with Crippen LogP contribution in [0.4, 0.5) is 14.5 Å². The zero-order chi connectivity index (χ0) is 20.4. The smallest absolute Gasteiger partial charge is 0.264 e. The first kappa shape index (κ1) is 19.9. The summed E-state index contributed by atoms with van der Waals surface area (Å²) in [6, 6.07) is 4.05. The maximum absolute atomic E-state index is 13.3. The van der Waals surface area contributed by atoms with Crippen LogP contribution in [0.1, 0.15) is 38.3 Å². The van der Waals surface area contributed by atoms with Gasteiger partial charge in [-0.3, -0.25) is 18.8 Å². The predicted octanol–water partition coefficient (Wildman–Crippen LogP) is 3.79. The van der Waals surface area contributed by atoms with Gasteiger partial charge in [-0.2, -0.15) is 5.10 Å². The summed E-state index contributed by atoms with van der Waals surface area (Å²) in [5, 5.41) is 7.22. The second-order valence-corrected chi connectivity index (χ2v) is 6.83. The van der Waals surface area contributed by atoms with Gasteiger partial charge in [-0.1, -0.05) is 11.6 Å². The molecule has 3 aromatic rings. The Labute approximate surface area is 163 Å². The lowest BCUT2D eigenvalue weighted by atomic mass is 10.2. The monoisotopic (exact) mass is 409 g/mol. The van der Waals surface area contributed by atoms with Gasteiger partial charge in [0.05, 0.1) is 5.69 Å². The molecule has 0 spiro atoms. The van der Waals surface area contributed by atoms with Crippen LogP contribution in [-0.4, -0.2) is 25.2 Å². The Morgan fingerprint density at radius 3 is 2.75 bits per heavy atom. The molecule has 3 rings (SSSR count). The largest absolute Gasteiger partial charge is 0.323 e. The number of aromatic nitrogens is 4. The van der Waals surface area contributed by atoms with E-state index in [9.17, 15) is 18.4 Å². The van der Waals surface area contributed by atoms with Crippen molar-refractivity contribution in [3.8, 4) is 0 Å². The quantitative estimate of drug-likeness (QED) is 0.628. The number of fused-ring (bicyclic) bond motifs is 1. The number of aryl methyl sites for hydroxylation is 1. The summed E-state index contributed by atoms with van der Waals surface area (Å²) in [4.78, 5) is 28.5. The van der Waals surface area contributed by atoms with Crippen molar-refractivity contribution in [2.75, 3.05) is 5.32 Å². The molecule has 0 saturated heterocycles. The van der Waals surface area contributed by atoms with Crippen molar-refractivity contribution in [2.45, 2.75) is 39.3 Å². The van der Waals surface area contributed by atoms with Crippen molar-refractivity contribution in [1.82, 2.24) is 19.3 Å². The normalized spacial score (nSPS) is 11.5. The molecule has 0 aromatic carbocycles. The molecule has 7 nitrogen and oxygen atoms in total. The molecule has 0 unspecified atom stereocenters. The van der Waals surface area contributed by atoms with Crippen molar-refractivity contribution in [3.63, 3.8) is 0 Å². The fourth-order valence-corrected chi connectivity index (χ4v) is 2.91. The summed E-state index contributed by atoms with van der Waals surface area (Å²) in [6.07, 6.45) is 0.116. The molecule has 0 aliphatic rings. The molecule has 0 aliphatic carbocycles. The number of alkyl halides is 2. The number of anilines is 1.